The second-order valence-electron chi connectivity index (χ2n) is 2.51. The van der Waals surface area contributed by atoms with E-state index in [4.69, 9.17) is 5.26 Å². The summed E-state index contributed by atoms with van der Waals surface area (Å²) in [4.78, 5) is 0. The van der Waals surface area contributed by atoms with Crippen LogP contribution in [0.5, 0.6) is 0 Å². The summed E-state index contributed by atoms with van der Waals surface area (Å²) in [6.07, 6.45) is 0. The number of nitriles is 1. The molecule has 0 N–H and O–H groups in total. The zero-order valence-electron chi connectivity index (χ0n) is 6.60. The molecule has 0 bridgehead atoms. The Balaban J connectivity index is 3.04. The average Bonchev–Trinajstić information content (AvgIpc) is 2.13. The molecule has 0 aliphatic rings. The maximum atomic E-state index is 12.7. The van der Waals surface area contributed by atoms with Gasteiger partial charge in [0, 0.05) is 5.33 Å². The molecule has 0 saturated carbocycles. The van der Waals surface area contributed by atoms with Crippen molar-refractivity contribution in [2.75, 3.05) is 5.33 Å². The van der Waals surface area contributed by atoms with E-state index in [2.05, 4.69) is 15.9 Å². The predicted molar refractivity (Wildman–Crippen MR) is 48.5 cm³/mol. The Hall–Kier alpha value is -0.950. The minimum absolute atomic E-state index is 0.411. The number of alkyl halides is 1. The topological polar surface area (TPSA) is 23.8 Å². The van der Waals surface area contributed by atoms with Crippen LogP contribution in [0, 0.1) is 23.0 Å². The standard InChI is InChI=1S/C9H6BrF2N/c10-4-7(5-13)6-1-2-8(11)9(12)3-6/h1-3,7H,4H2. The Morgan fingerprint density at radius 1 is 1.38 bits per heavy atom. The Bertz CT molecular complexity index is 346. The highest BCUT2D eigenvalue weighted by Crippen LogP contribution is 2.19. The largest absolute Gasteiger partial charge is 0.204 e. The SMILES string of the molecule is N#CC(CBr)c1ccc(F)c(F)c1. The van der Waals surface area contributed by atoms with Crippen LogP contribution in [0.1, 0.15) is 11.5 Å². The molecule has 0 fully saturated rings. The molecule has 0 aliphatic carbocycles. The van der Waals surface area contributed by atoms with Crippen molar-refractivity contribution in [2.24, 2.45) is 0 Å². The highest BCUT2D eigenvalue weighted by Gasteiger charge is 2.11. The second-order valence-corrected chi connectivity index (χ2v) is 3.16. The van der Waals surface area contributed by atoms with Crippen molar-refractivity contribution in [3.63, 3.8) is 0 Å². The molecule has 1 rings (SSSR count). The van der Waals surface area contributed by atoms with Crippen LogP contribution < -0.4 is 0 Å². The van der Waals surface area contributed by atoms with Gasteiger partial charge in [-0.05, 0) is 17.7 Å². The van der Waals surface area contributed by atoms with E-state index in [0.29, 0.717) is 10.9 Å². The third-order valence-corrected chi connectivity index (χ3v) is 2.30. The summed E-state index contributed by atoms with van der Waals surface area (Å²) in [5, 5.41) is 9.05. The number of nitrogens with zero attached hydrogens (tertiary/aromatic N) is 1. The van der Waals surface area contributed by atoms with E-state index in [-0.39, 0.29) is 0 Å². The summed E-state index contributed by atoms with van der Waals surface area (Å²) in [5.41, 5.74) is 0.485. The van der Waals surface area contributed by atoms with Gasteiger partial charge >= 0.3 is 0 Å². The first-order valence-electron chi connectivity index (χ1n) is 3.59. The minimum atomic E-state index is -0.918. The van der Waals surface area contributed by atoms with Crippen molar-refractivity contribution in [3.05, 3.63) is 35.4 Å². The zero-order chi connectivity index (χ0) is 9.84. The van der Waals surface area contributed by atoms with Gasteiger partial charge in [0.05, 0.1) is 12.0 Å². The lowest BCUT2D eigenvalue weighted by atomic mass is 10.0. The first kappa shape index (κ1) is 10.1. The maximum absolute atomic E-state index is 12.7. The van der Waals surface area contributed by atoms with Crippen LogP contribution >= 0.6 is 15.9 Å². The fraction of sp³-hybridized carbons (Fsp3) is 0.222. The molecule has 0 amide bonds. The van der Waals surface area contributed by atoms with Gasteiger partial charge in [-0.1, -0.05) is 22.0 Å². The van der Waals surface area contributed by atoms with E-state index in [1.807, 2.05) is 6.07 Å². The van der Waals surface area contributed by atoms with Crippen LogP contribution in [0.15, 0.2) is 18.2 Å². The molecule has 0 spiro atoms. The lowest BCUT2D eigenvalue weighted by Crippen LogP contribution is -1.98. The molecule has 0 aromatic heterocycles. The molecule has 68 valence electrons. The monoisotopic (exact) mass is 245 g/mol. The normalized spacial score (nSPS) is 12.2. The molecule has 0 saturated heterocycles. The van der Waals surface area contributed by atoms with E-state index in [0.717, 1.165) is 12.1 Å². The van der Waals surface area contributed by atoms with Crippen molar-refractivity contribution in [1.29, 1.82) is 5.26 Å². The molecule has 0 aliphatic heterocycles. The Kier molecular flexibility index (Phi) is 3.38. The first-order chi connectivity index (χ1) is 6.19. The third kappa shape index (κ3) is 2.25. The molecule has 1 aromatic carbocycles. The smallest absolute Gasteiger partial charge is 0.159 e. The predicted octanol–water partition coefficient (Wildman–Crippen LogP) is 2.97. The molecule has 4 heteroatoms. The molecule has 1 nitrogen and oxygen atoms in total. The third-order valence-electron chi connectivity index (χ3n) is 1.66. The van der Waals surface area contributed by atoms with E-state index in [9.17, 15) is 8.78 Å². The number of halogens is 3. The Morgan fingerprint density at radius 2 is 2.08 bits per heavy atom. The number of rotatable bonds is 2. The van der Waals surface area contributed by atoms with Gasteiger partial charge < -0.3 is 0 Å². The van der Waals surface area contributed by atoms with E-state index >= 15 is 0 Å². The highest BCUT2D eigenvalue weighted by atomic mass is 79.9. The van der Waals surface area contributed by atoms with Crippen molar-refractivity contribution in [2.45, 2.75) is 5.92 Å². The lowest BCUT2D eigenvalue weighted by Gasteiger charge is -2.04. The maximum Gasteiger partial charge on any atom is 0.159 e. The zero-order valence-corrected chi connectivity index (χ0v) is 8.18. The van der Waals surface area contributed by atoms with Crippen LogP contribution in [0.2, 0.25) is 0 Å². The van der Waals surface area contributed by atoms with Crippen LogP contribution in [0.25, 0.3) is 0 Å². The summed E-state index contributed by atoms with van der Waals surface area (Å²) in [7, 11) is 0. The van der Waals surface area contributed by atoms with Crippen LogP contribution in [0.3, 0.4) is 0 Å². The van der Waals surface area contributed by atoms with Gasteiger partial charge in [0.2, 0.25) is 0 Å². The van der Waals surface area contributed by atoms with Gasteiger partial charge in [-0.25, -0.2) is 8.78 Å². The number of hydrogen-bond donors (Lipinski definition) is 0. The molecule has 1 unspecified atom stereocenters. The van der Waals surface area contributed by atoms with Crippen molar-refractivity contribution in [1.82, 2.24) is 0 Å². The van der Waals surface area contributed by atoms with Crippen LogP contribution in [-0.2, 0) is 0 Å². The summed E-state index contributed by atoms with van der Waals surface area (Å²) in [6, 6.07) is 5.46. The second kappa shape index (κ2) is 4.33. The number of hydrogen-bond acceptors (Lipinski definition) is 1. The molecule has 13 heavy (non-hydrogen) atoms. The first-order valence-corrected chi connectivity index (χ1v) is 4.71. The Labute approximate surface area is 83.1 Å². The Morgan fingerprint density at radius 3 is 2.54 bits per heavy atom. The van der Waals surface area contributed by atoms with E-state index in [1.165, 1.54) is 6.07 Å². The average molecular weight is 246 g/mol. The van der Waals surface area contributed by atoms with Gasteiger partial charge in [-0.2, -0.15) is 5.26 Å². The minimum Gasteiger partial charge on any atom is -0.204 e. The summed E-state index contributed by atoms with van der Waals surface area (Å²) in [5.74, 6) is -2.25. The molecule has 0 heterocycles. The molecule has 1 atom stereocenters. The van der Waals surface area contributed by atoms with Crippen LogP contribution in [0.4, 0.5) is 8.78 Å². The molecule has 1 aromatic rings. The van der Waals surface area contributed by atoms with Crippen LogP contribution in [-0.4, -0.2) is 5.33 Å². The number of benzene rings is 1. The molecular formula is C9H6BrF2N. The van der Waals surface area contributed by atoms with Crippen molar-refractivity contribution < 1.29 is 8.78 Å². The quantitative estimate of drug-likeness (QED) is 0.736. The molecule has 0 radical (unpaired) electrons. The van der Waals surface area contributed by atoms with E-state index in [1.54, 1.807) is 0 Å². The van der Waals surface area contributed by atoms with Crippen molar-refractivity contribution >= 4 is 15.9 Å². The summed E-state index contributed by atoms with van der Waals surface area (Å²) in [6.45, 7) is 0. The van der Waals surface area contributed by atoms with E-state index < -0.39 is 17.6 Å². The summed E-state index contributed by atoms with van der Waals surface area (Å²) < 4.78 is 25.2. The summed E-state index contributed by atoms with van der Waals surface area (Å²) >= 11 is 3.12. The van der Waals surface area contributed by atoms with Crippen molar-refractivity contribution in [3.8, 4) is 6.07 Å². The van der Waals surface area contributed by atoms with Gasteiger partial charge in [-0.3, -0.25) is 0 Å². The van der Waals surface area contributed by atoms with Gasteiger partial charge in [-0.15, -0.1) is 0 Å². The van der Waals surface area contributed by atoms with Gasteiger partial charge in [0.25, 0.3) is 0 Å². The fourth-order valence-electron chi connectivity index (χ4n) is 0.927. The molecular weight excluding hydrogens is 240 g/mol. The highest BCUT2D eigenvalue weighted by molar-refractivity contribution is 9.09. The van der Waals surface area contributed by atoms with Gasteiger partial charge in [0.15, 0.2) is 11.6 Å². The fourth-order valence-corrected chi connectivity index (χ4v) is 1.45. The lowest BCUT2D eigenvalue weighted by molar-refractivity contribution is 0.507. The van der Waals surface area contributed by atoms with Gasteiger partial charge in [0.1, 0.15) is 0 Å².